The number of carbonyl (C=O) groups is 1. The topological polar surface area (TPSA) is 35.6 Å². The van der Waals surface area contributed by atoms with Gasteiger partial charge in [-0.05, 0) is 7.05 Å². The summed E-state index contributed by atoms with van der Waals surface area (Å²) in [7, 11) is 5.57. The fourth-order valence-corrected chi connectivity index (χ4v) is 1.07. The Morgan fingerprint density at radius 1 is 1.42 bits per heavy atom. The van der Waals surface area contributed by atoms with Crippen molar-refractivity contribution in [2.24, 2.45) is 0 Å². The molecule has 70 valence electrons. The van der Waals surface area contributed by atoms with Gasteiger partial charge in [-0.15, -0.1) is 0 Å². The lowest BCUT2D eigenvalue weighted by Gasteiger charge is -2.35. The van der Waals surface area contributed by atoms with Gasteiger partial charge in [0.25, 0.3) is 0 Å². The molecule has 1 fully saturated rings. The Morgan fingerprint density at radius 2 is 2.00 bits per heavy atom. The van der Waals surface area contributed by atoms with Crippen molar-refractivity contribution in [3.8, 4) is 0 Å². The van der Waals surface area contributed by atoms with E-state index in [0.717, 1.165) is 13.1 Å². The second-order valence-electron chi connectivity index (χ2n) is 3.52. The summed E-state index contributed by atoms with van der Waals surface area (Å²) in [6, 6.07) is 0.550. The maximum atomic E-state index is 11.3. The van der Waals surface area contributed by atoms with Crippen molar-refractivity contribution in [2.75, 3.05) is 40.8 Å². The number of hydrogen-bond donors (Lipinski definition) is 1. The number of rotatable bonds is 3. The van der Waals surface area contributed by atoms with Crippen LogP contribution in [0.1, 0.15) is 0 Å². The van der Waals surface area contributed by atoms with Crippen LogP contribution in [0.2, 0.25) is 0 Å². The summed E-state index contributed by atoms with van der Waals surface area (Å²) in [6.07, 6.45) is 0. The molecular weight excluding hydrogens is 154 g/mol. The standard InChI is InChI=1S/C8H17N3O/c1-10(2)8(12)6-11(3)7-4-9-5-7/h7,9H,4-6H2,1-3H3. The third kappa shape index (κ3) is 2.19. The Balaban J connectivity index is 2.24. The molecule has 4 heteroatoms. The van der Waals surface area contributed by atoms with E-state index in [-0.39, 0.29) is 5.91 Å². The van der Waals surface area contributed by atoms with Crippen molar-refractivity contribution < 1.29 is 4.79 Å². The minimum atomic E-state index is 0.171. The molecular formula is C8H17N3O. The number of carbonyl (C=O) groups excluding carboxylic acids is 1. The zero-order chi connectivity index (χ0) is 9.14. The second-order valence-corrected chi connectivity index (χ2v) is 3.52. The maximum absolute atomic E-state index is 11.3. The van der Waals surface area contributed by atoms with Gasteiger partial charge in [0.05, 0.1) is 6.54 Å². The molecule has 0 radical (unpaired) electrons. The Morgan fingerprint density at radius 3 is 2.33 bits per heavy atom. The first-order chi connectivity index (χ1) is 5.61. The minimum absolute atomic E-state index is 0.171. The van der Waals surface area contributed by atoms with Crippen LogP contribution >= 0.6 is 0 Å². The number of hydrogen-bond acceptors (Lipinski definition) is 3. The van der Waals surface area contributed by atoms with Crippen molar-refractivity contribution >= 4 is 5.91 Å². The Labute approximate surface area is 73.5 Å². The summed E-state index contributed by atoms with van der Waals surface area (Å²) in [5.74, 6) is 0.171. The smallest absolute Gasteiger partial charge is 0.236 e. The van der Waals surface area contributed by atoms with Gasteiger partial charge in [0.15, 0.2) is 0 Å². The van der Waals surface area contributed by atoms with Crippen LogP contribution < -0.4 is 5.32 Å². The van der Waals surface area contributed by atoms with Gasteiger partial charge in [-0.3, -0.25) is 9.69 Å². The van der Waals surface area contributed by atoms with Crippen molar-refractivity contribution in [1.82, 2.24) is 15.1 Å². The molecule has 4 nitrogen and oxygen atoms in total. The normalized spacial score (nSPS) is 17.7. The van der Waals surface area contributed by atoms with Crippen LogP contribution in [0, 0.1) is 0 Å². The van der Waals surface area contributed by atoms with Crippen LogP contribution in [-0.2, 0) is 4.79 Å². The third-order valence-electron chi connectivity index (χ3n) is 2.27. The number of amides is 1. The molecule has 0 aliphatic carbocycles. The highest BCUT2D eigenvalue weighted by molar-refractivity contribution is 5.77. The summed E-state index contributed by atoms with van der Waals surface area (Å²) in [4.78, 5) is 15.0. The summed E-state index contributed by atoms with van der Waals surface area (Å²) < 4.78 is 0. The molecule has 0 unspecified atom stereocenters. The van der Waals surface area contributed by atoms with E-state index >= 15 is 0 Å². The van der Waals surface area contributed by atoms with Crippen LogP contribution in [0.15, 0.2) is 0 Å². The monoisotopic (exact) mass is 171 g/mol. The zero-order valence-corrected chi connectivity index (χ0v) is 8.00. The van der Waals surface area contributed by atoms with Gasteiger partial charge in [0, 0.05) is 33.2 Å². The minimum Gasteiger partial charge on any atom is -0.348 e. The summed E-state index contributed by atoms with van der Waals surface area (Å²) in [5, 5.41) is 3.18. The molecule has 1 aliphatic heterocycles. The molecule has 1 rings (SSSR count). The first kappa shape index (κ1) is 9.48. The molecule has 0 aromatic heterocycles. The fraction of sp³-hybridized carbons (Fsp3) is 0.875. The van der Waals surface area contributed by atoms with Gasteiger partial charge in [0.2, 0.25) is 5.91 Å². The lowest BCUT2D eigenvalue weighted by atomic mass is 10.1. The Bertz CT molecular complexity index is 166. The van der Waals surface area contributed by atoms with E-state index in [1.165, 1.54) is 0 Å². The van der Waals surface area contributed by atoms with E-state index in [4.69, 9.17) is 0 Å². The average Bonchev–Trinajstić information content (AvgIpc) is 1.82. The van der Waals surface area contributed by atoms with E-state index < -0.39 is 0 Å². The van der Waals surface area contributed by atoms with Crippen LogP contribution in [0.3, 0.4) is 0 Å². The Kier molecular flexibility index (Phi) is 3.05. The highest BCUT2D eigenvalue weighted by atomic mass is 16.2. The highest BCUT2D eigenvalue weighted by Gasteiger charge is 2.23. The largest absolute Gasteiger partial charge is 0.348 e. The molecule has 1 aliphatic rings. The predicted octanol–water partition coefficient (Wildman–Crippen LogP) is -1.02. The van der Waals surface area contributed by atoms with E-state index in [1.54, 1.807) is 19.0 Å². The van der Waals surface area contributed by atoms with Gasteiger partial charge in [0.1, 0.15) is 0 Å². The van der Waals surface area contributed by atoms with E-state index in [2.05, 4.69) is 10.2 Å². The second kappa shape index (κ2) is 3.87. The molecule has 0 spiro atoms. The van der Waals surface area contributed by atoms with Crippen LogP contribution in [0.5, 0.6) is 0 Å². The summed E-state index contributed by atoms with van der Waals surface area (Å²) in [6.45, 7) is 2.55. The SMILES string of the molecule is CN(C)C(=O)CN(C)C1CNC1. The molecule has 12 heavy (non-hydrogen) atoms. The lowest BCUT2D eigenvalue weighted by molar-refractivity contribution is -0.130. The average molecular weight is 171 g/mol. The molecule has 1 amide bonds. The van der Waals surface area contributed by atoms with Crippen molar-refractivity contribution in [2.45, 2.75) is 6.04 Å². The van der Waals surface area contributed by atoms with Crippen LogP contribution in [0.4, 0.5) is 0 Å². The maximum Gasteiger partial charge on any atom is 0.236 e. The molecule has 0 aromatic rings. The first-order valence-electron chi connectivity index (χ1n) is 4.22. The van der Waals surface area contributed by atoms with Crippen LogP contribution in [-0.4, -0.2) is 62.5 Å². The molecule has 1 heterocycles. The summed E-state index contributed by atoms with van der Waals surface area (Å²) >= 11 is 0. The predicted molar refractivity (Wildman–Crippen MR) is 48.0 cm³/mol. The van der Waals surface area contributed by atoms with Gasteiger partial charge < -0.3 is 10.2 Å². The fourth-order valence-electron chi connectivity index (χ4n) is 1.07. The first-order valence-corrected chi connectivity index (χ1v) is 4.22. The van der Waals surface area contributed by atoms with Crippen LogP contribution in [0.25, 0.3) is 0 Å². The van der Waals surface area contributed by atoms with Crippen molar-refractivity contribution in [3.63, 3.8) is 0 Å². The molecule has 0 atom stereocenters. The molecule has 1 saturated heterocycles. The van der Waals surface area contributed by atoms with Crippen molar-refractivity contribution in [1.29, 1.82) is 0 Å². The highest BCUT2D eigenvalue weighted by Crippen LogP contribution is 2.01. The Hall–Kier alpha value is -0.610. The number of nitrogens with one attached hydrogen (secondary N) is 1. The molecule has 0 bridgehead atoms. The quantitative estimate of drug-likeness (QED) is 0.590. The van der Waals surface area contributed by atoms with E-state index in [1.807, 2.05) is 7.05 Å². The zero-order valence-electron chi connectivity index (χ0n) is 8.00. The van der Waals surface area contributed by atoms with Crippen molar-refractivity contribution in [3.05, 3.63) is 0 Å². The third-order valence-corrected chi connectivity index (χ3v) is 2.27. The van der Waals surface area contributed by atoms with E-state index in [9.17, 15) is 4.79 Å². The van der Waals surface area contributed by atoms with E-state index in [0.29, 0.717) is 12.6 Å². The molecule has 0 saturated carbocycles. The molecule has 1 N–H and O–H groups in total. The van der Waals surface area contributed by atoms with Gasteiger partial charge in [-0.2, -0.15) is 0 Å². The summed E-state index contributed by atoms with van der Waals surface area (Å²) in [5.41, 5.74) is 0. The number of nitrogens with zero attached hydrogens (tertiary/aromatic N) is 2. The van der Waals surface area contributed by atoms with Gasteiger partial charge in [-0.25, -0.2) is 0 Å². The molecule has 0 aromatic carbocycles. The lowest BCUT2D eigenvalue weighted by Crippen LogP contribution is -2.57. The number of likely N-dealkylation sites (N-methyl/N-ethyl adjacent to an activating group) is 2. The van der Waals surface area contributed by atoms with Gasteiger partial charge in [-0.1, -0.05) is 0 Å². The van der Waals surface area contributed by atoms with Gasteiger partial charge >= 0.3 is 0 Å².